The van der Waals surface area contributed by atoms with Gasteiger partial charge in [-0.25, -0.2) is 4.79 Å². The van der Waals surface area contributed by atoms with Crippen molar-refractivity contribution in [1.29, 1.82) is 0 Å². The van der Waals surface area contributed by atoms with Gasteiger partial charge in [0.1, 0.15) is 0 Å². The van der Waals surface area contributed by atoms with Gasteiger partial charge in [-0.3, -0.25) is 4.79 Å². The minimum absolute atomic E-state index is 0.0345. The van der Waals surface area contributed by atoms with Gasteiger partial charge in [-0.15, -0.1) is 0 Å². The third-order valence-electron chi connectivity index (χ3n) is 4.93. The largest absolute Gasteiger partial charge is 0.465 e. The molecule has 0 radical (unpaired) electrons. The predicted molar refractivity (Wildman–Crippen MR) is 86.7 cm³/mol. The summed E-state index contributed by atoms with van der Waals surface area (Å²) in [6.07, 6.45) is 2.69. The monoisotopic (exact) mass is 374 g/mol. The quantitative estimate of drug-likeness (QED) is 0.328. The highest BCUT2D eigenvalue weighted by molar-refractivity contribution is 9.09. The minimum Gasteiger partial charge on any atom is -0.465 e. The molecule has 0 aliphatic heterocycles. The van der Waals surface area contributed by atoms with Crippen molar-refractivity contribution >= 4 is 36.0 Å². The number of ketones is 1. The molecule has 0 heterocycles. The molecule has 2 aliphatic carbocycles. The summed E-state index contributed by atoms with van der Waals surface area (Å²) in [5, 5.41) is 0. The average Bonchev–Trinajstić information content (AvgIpc) is 2.90. The van der Waals surface area contributed by atoms with E-state index in [0.717, 1.165) is 4.95 Å². The summed E-state index contributed by atoms with van der Waals surface area (Å²) >= 11 is 3.54. The van der Waals surface area contributed by atoms with E-state index in [1.54, 1.807) is 6.08 Å². The Kier molecular flexibility index (Phi) is 4.28. The number of ether oxygens (including phenoxy) is 1. The second-order valence-corrected chi connectivity index (χ2v) is 12.8. The number of alkyl halides is 1. The first-order valence-corrected chi connectivity index (χ1v) is 11.4. The van der Waals surface area contributed by atoms with Gasteiger partial charge < -0.3 is 9.16 Å². The van der Waals surface area contributed by atoms with Crippen LogP contribution in [0, 0.1) is 11.3 Å². The van der Waals surface area contributed by atoms with E-state index in [2.05, 4.69) is 42.9 Å². The van der Waals surface area contributed by atoms with Gasteiger partial charge in [-0.05, 0) is 24.9 Å². The molecule has 6 heteroatoms. The van der Waals surface area contributed by atoms with Crippen LogP contribution >= 0.6 is 15.9 Å². The first kappa shape index (κ1) is 16.9. The Morgan fingerprint density at radius 1 is 1.48 bits per heavy atom. The van der Waals surface area contributed by atoms with Crippen LogP contribution in [-0.4, -0.2) is 37.7 Å². The number of hydrogen-bond donors (Lipinski definition) is 0. The molecule has 0 aromatic rings. The van der Waals surface area contributed by atoms with E-state index in [1.165, 1.54) is 7.11 Å². The molecule has 0 aromatic carbocycles. The van der Waals surface area contributed by atoms with Gasteiger partial charge in [-0.1, -0.05) is 35.9 Å². The lowest BCUT2D eigenvalue weighted by molar-refractivity contribution is -0.137. The molecule has 2 rings (SSSR count). The number of Topliss-reactive ketones (excluding diaryl/α,β-unsaturated/α-hetero) is 1. The number of carbonyl (C=O) groups is 2. The Labute approximate surface area is 135 Å². The summed E-state index contributed by atoms with van der Waals surface area (Å²) in [6, 6.07) is 0. The molecule has 0 N–H and O–H groups in total. The van der Waals surface area contributed by atoms with Gasteiger partial charge in [-0.2, -0.15) is 0 Å². The Balaban J connectivity index is 2.32. The molecule has 0 aromatic heterocycles. The van der Waals surface area contributed by atoms with Crippen LogP contribution in [0.15, 0.2) is 11.6 Å². The molecular weight excluding hydrogens is 352 g/mol. The van der Waals surface area contributed by atoms with Gasteiger partial charge in [0.05, 0.1) is 18.3 Å². The van der Waals surface area contributed by atoms with Crippen LogP contribution in [0.1, 0.15) is 26.7 Å². The van der Waals surface area contributed by atoms with Gasteiger partial charge in [0.2, 0.25) is 0 Å². The highest BCUT2D eigenvalue weighted by Gasteiger charge is 2.73. The van der Waals surface area contributed by atoms with Crippen LogP contribution in [0.4, 0.5) is 0 Å². The number of fused-ring (bicyclic) bond motifs is 1. The SMILES string of the molecule is COC(=O)C1=CC[C@]2(O[Si](C)(C)CBr)[C@H](CC1=O)C2(C)C. The molecule has 4 nitrogen and oxygen atoms in total. The second kappa shape index (κ2) is 5.32. The van der Waals surface area contributed by atoms with Crippen LogP contribution in [0.5, 0.6) is 0 Å². The van der Waals surface area contributed by atoms with E-state index in [1.807, 2.05) is 0 Å². The number of hydrogen-bond acceptors (Lipinski definition) is 4. The van der Waals surface area contributed by atoms with Crippen LogP contribution in [0.3, 0.4) is 0 Å². The number of carbonyl (C=O) groups excluding carboxylic acids is 2. The zero-order valence-corrected chi connectivity index (χ0v) is 15.9. The molecule has 0 unspecified atom stereocenters. The molecule has 0 spiro atoms. The van der Waals surface area contributed by atoms with Crippen molar-refractivity contribution in [3.05, 3.63) is 11.6 Å². The Morgan fingerprint density at radius 3 is 2.62 bits per heavy atom. The van der Waals surface area contributed by atoms with E-state index >= 15 is 0 Å². The first-order valence-electron chi connectivity index (χ1n) is 7.19. The molecule has 21 heavy (non-hydrogen) atoms. The number of rotatable bonds is 4. The lowest BCUT2D eigenvalue weighted by atomic mass is 9.99. The Bertz CT molecular complexity index is 512. The summed E-state index contributed by atoms with van der Waals surface area (Å²) < 4.78 is 11.2. The number of esters is 1. The minimum atomic E-state index is -1.83. The molecular formula is C15H23BrO4Si. The van der Waals surface area contributed by atoms with E-state index < -0.39 is 14.3 Å². The third kappa shape index (κ3) is 2.66. The van der Waals surface area contributed by atoms with E-state index in [0.29, 0.717) is 12.8 Å². The van der Waals surface area contributed by atoms with Crippen molar-refractivity contribution in [2.45, 2.75) is 45.4 Å². The predicted octanol–water partition coefficient (Wildman–Crippen LogP) is 3.00. The number of halogens is 1. The highest BCUT2D eigenvalue weighted by atomic mass is 79.9. The molecule has 2 atom stereocenters. The van der Waals surface area contributed by atoms with Gasteiger partial charge >= 0.3 is 5.97 Å². The van der Waals surface area contributed by atoms with E-state index in [4.69, 9.17) is 9.16 Å². The summed E-state index contributed by atoms with van der Waals surface area (Å²) in [5.41, 5.74) is -0.170. The maximum absolute atomic E-state index is 12.3. The van der Waals surface area contributed by atoms with Gasteiger partial charge in [0.25, 0.3) is 0 Å². The lowest BCUT2D eigenvalue weighted by Crippen LogP contribution is -2.41. The smallest absolute Gasteiger partial charge is 0.341 e. The molecule has 118 valence electrons. The highest BCUT2D eigenvalue weighted by Crippen LogP contribution is 2.69. The van der Waals surface area contributed by atoms with Crippen LogP contribution < -0.4 is 0 Å². The van der Waals surface area contributed by atoms with Crippen molar-refractivity contribution in [2.24, 2.45) is 11.3 Å². The molecule has 1 saturated carbocycles. The van der Waals surface area contributed by atoms with Crippen LogP contribution in [0.2, 0.25) is 13.1 Å². The van der Waals surface area contributed by atoms with Crippen molar-refractivity contribution in [3.63, 3.8) is 0 Å². The van der Waals surface area contributed by atoms with Crippen molar-refractivity contribution in [2.75, 3.05) is 12.1 Å². The molecule has 0 bridgehead atoms. The van der Waals surface area contributed by atoms with Gasteiger partial charge in [0, 0.05) is 17.3 Å². The lowest BCUT2D eigenvalue weighted by Gasteiger charge is -2.30. The fraction of sp³-hybridized carbons (Fsp3) is 0.733. The van der Waals surface area contributed by atoms with E-state index in [9.17, 15) is 9.59 Å². The summed E-state index contributed by atoms with van der Waals surface area (Å²) in [5.74, 6) is -0.491. The fourth-order valence-corrected chi connectivity index (χ4v) is 5.36. The maximum Gasteiger partial charge on any atom is 0.341 e. The molecule has 0 amide bonds. The van der Waals surface area contributed by atoms with Gasteiger partial charge in [0.15, 0.2) is 14.1 Å². The van der Waals surface area contributed by atoms with Crippen molar-refractivity contribution < 1.29 is 18.8 Å². The zero-order chi connectivity index (χ0) is 16.1. The van der Waals surface area contributed by atoms with E-state index in [-0.39, 0.29) is 28.3 Å². The second-order valence-electron chi connectivity index (χ2n) is 7.10. The molecule has 2 aliphatic rings. The number of methoxy groups -OCH3 is 1. The maximum atomic E-state index is 12.3. The van der Waals surface area contributed by atoms with Crippen LogP contribution in [0.25, 0.3) is 0 Å². The summed E-state index contributed by atoms with van der Waals surface area (Å²) in [4.78, 5) is 24.9. The zero-order valence-electron chi connectivity index (χ0n) is 13.3. The van der Waals surface area contributed by atoms with Crippen LogP contribution in [-0.2, 0) is 18.8 Å². The summed E-state index contributed by atoms with van der Waals surface area (Å²) in [6.45, 7) is 8.64. The summed E-state index contributed by atoms with van der Waals surface area (Å²) in [7, 11) is -0.521. The molecule has 1 fully saturated rings. The fourth-order valence-electron chi connectivity index (χ4n) is 3.48. The Hall–Kier alpha value is -0.463. The standard InChI is InChI=1S/C15H23BrO4Si/c1-14(2)12-8-11(17)10(13(18)19-3)6-7-15(12,14)20-21(4,5)9-16/h6,12H,7-9H2,1-5H3/t12-,15+/m1/s1. The average molecular weight is 375 g/mol. The first-order chi connectivity index (χ1) is 9.61. The third-order valence-corrected chi connectivity index (χ3v) is 10.5. The Morgan fingerprint density at radius 2 is 2.10 bits per heavy atom. The normalized spacial score (nSPS) is 31.0. The topological polar surface area (TPSA) is 52.6 Å². The van der Waals surface area contributed by atoms with Crippen molar-refractivity contribution in [3.8, 4) is 0 Å². The molecule has 0 saturated heterocycles. The van der Waals surface area contributed by atoms with Crippen molar-refractivity contribution in [1.82, 2.24) is 0 Å².